The van der Waals surface area contributed by atoms with Gasteiger partial charge in [-0.3, -0.25) is 14.5 Å². The number of amides is 3. The van der Waals surface area contributed by atoms with Gasteiger partial charge in [0.1, 0.15) is 5.60 Å². The Morgan fingerprint density at radius 3 is 2.00 bits per heavy atom. The Kier molecular flexibility index (Phi) is 4.07. The third kappa shape index (κ3) is 3.00. The van der Waals surface area contributed by atoms with Crippen molar-refractivity contribution in [3.05, 3.63) is 35.4 Å². The summed E-state index contributed by atoms with van der Waals surface area (Å²) in [4.78, 5) is 40.1. The second-order valence-corrected chi connectivity index (χ2v) is 7.22. The summed E-state index contributed by atoms with van der Waals surface area (Å²) in [6, 6.07) is 6.73. The van der Waals surface area contributed by atoms with Gasteiger partial charge in [0.15, 0.2) is 0 Å². The van der Waals surface area contributed by atoms with Gasteiger partial charge < -0.3 is 9.64 Å². The van der Waals surface area contributed by atoms with Crippen molar-refractivity contribution in [2.24, 2.45) is 0 Å². The number of nitrogens with zero attached hydrogens (tertiary/aromatic N) is 2. The number of piperidine rings is 1. The lowest BCUT2D eigenvalue weighted by molar-refractivity contribution is 0.0156. The molecule has 0 N–H and O–H groups in total. The molecule has 0 atom stereocenters. The van der Waals surface area contributed by atoms with E-state index in [1.807, 2.05) is 20.8 Å². The van der Waals surface area contributed by atoms with Gasteiger partial charge in [0.05, 0.1) is 11.1 Å². The van der Waals surface area contributed by atoms with Crippen LogP contribution in [0.4, 0.5) is 4.79 Å². The van der Waals surface area contributed by atoms with Crippen LogP contribution in [-0.2, 0) is 4.74 Å². The summed E-state index contributed by atoms with van der Waals surface area (Å²) in [7, 11) is 0. The molecule has 1 saturated heterocycles. The van der Waals surface area contributed by atoms with Crippen LogP contribution < -0.4 is 0 Å². The number of hydrogen-bond donors (Lipinski definition) is 0. The second-order valence-electron chi connectivity index (χ2n) is 7.22. The van der Waals surface area contributed by atoms with Crippen molar-refractivity contribution in [2.45, 2.75) is 45.3 Å². The van der Waals surface area contributed by atoms with Gasteiger partial charge in [-0.1, -0.05) is 12.1 Å². The van der Waals surface area contributed by atoms with Crippen molar-refractivity contribution in [1.29, 1.82) is 0 Å². The Balaban J connectivity index is 1.65. The minimum Gasteiger partial charge on any atom is -0.444 e. The number of ether oxygens (including phenoxy) is 1. The quantitative estimate of drug-likeness (QED) is 0.743. The number of carbonyl (C=O) groups is 3. The lowest BCUT2D eigenvalue weighted by atomic mass is 10.0. The molecule has 0 spiro atoms. The van der Waals surface area contributed by atoms with E-state index in [4.69, 9.17) is 4.74 Å². The summed E-state index contributed by atoms with van der Waals surface area (Å²) < 4.78 is 5.37. The van der Waals surface area contributed by atoms with Crippen molar-refractivity contribution in [3.8, 4) is 0 Å². The fraction of sp³-hybridized carbons (Fsp3) is 0.500. The predicted octanol–water partition coefficient (Wildman–Crippen LogP) is 2.68. The molecule has 1 aromatic carbocycles. The molecule has 1 aromatic rings. The molecule has 24 heavy (non-hydrogen) atoms. The summed E-state index contributed by atoms with van der Waals surface area (Å²) in [6.45, 7) is 6.45. The number of rotatable bonds is 1. The SMILES string of the molecule is CC(C)(C)OC(=O)N1CCC(N2C(=O)c3ccccc3C2=O)CC1. The van der Waals surface area contributed by atoms with E-state index in [1.54, 1.807) is 29.2 Å². The minimum atomic E-state index is -0.531. The Bertz CT molecular complexity index is 650. The Hall–Kier alpha value is -2.37. The molecule has 0 aromatic heterocycles. The first kappa shape index (κ1) is 16.5. The number of benzene rings is 1. The third-order valence-electron chi connectivity index (χ3n) is 4.31. The van der Waals surface area contributed by atoms with E-state index in [1.165, 1.54) is 4.90 Å². The first-order valence-corrected chi connectivity index (χ1v) is 8.23. The lowest BCUT2D eigenvalue weighted by Gasteiger charge is -2.36. The molecule has 6 nitrogen and oxygen atoms in total. The van der Waals surface area contributed by atoms with E-state index < -0.39 is 5.60 Å². The monoisotopic (exact) mass is 330 g/mol. The normalized spacial score (nSPS) is 18.8. The highest BCUT2D eigenvalue weighted by molar-refractivity contribution is 6.21. The molecule has 0 unspecified atom stereocenters. The molecule has 0 aliphatic carbocycles. The molecule has 2 aliphatic heterocycles. The molecule has 3 rings (SSSR count). The Labute approximate surface area is 141 Å². The van der Waals surface area contributed by atoms with Gasteiger partial charge in [-0.05, 0) is 45.7 Å². The second kappa shape index (κ2) is 5.92. The maximum Gasteiger partial charge on any atom is 0.410 e. The number of fused-ring (bicyclic) bond motifs is 1. The van der Waals surface area contributed by atoms with Crippen LogP contribution in [-0.4, -0.2) is 52.4 Å². The van der Waals surface area contributed by atoms with Gasteiger partial charge >= 0.3 is 6.09 Å². The van der Waals surface area contributed by atoms with Crippen LogP contribution >= 0.6 is 0 Å². The zero-order valence-corrected chi connectivity index (χ0v) is 14.2. The van der Waals surface area contributed by atoms with E-state index in [0.29, 0.717) is 37.1 Å². The van der Waals surface area contributed by atoms with Crippen molar-refractivity contribution >= 4 is 17.9 Å². The molecule has 128 valence electrons. The van der Waals surface area contributed by atoms with E-state index in [2.05, 4.69) is 0 Å². The summed E-state index contributed by atoms with van der Waals surface area (Å²) in [5.74, 6) is -0.461. The smallest absolute Gasteiger partial charge is 0.410 e. The highest BCUT2D eigenvalue weighted by Gasteiger charge is 2.41. The molecule has 6 heteroatoms. The van der Waals surface area contributed by atoms with Crippen molar-refractivity contribution < 1.29 is 19.1 Å². The van der Waals surface area contributed by atoms with Gasteiger partial charge in [0.2, 0.25) is 0 Å². The summed E-state index contributed by atoms with van der Waals surface area (Å²) >= 11 is 0. The summed E-state index contributed by atoms with van der Waals surface area (Å²) in [5, 5.41) is 0. The highest BCUT2D eigenvalue weighted by atomic mass is 16.6. The fourth-order valence-electron chi connectivity index (χ4n) is 3.17. The molecule has 3 amide bonds. The third-order valence-corrected chi connectivity index (χ3v) is 4.31. The number of carbonyl (C=O) groups excluding carboxylic acids is 3. The largest absolute Gasteiger partial charge is 0.444 e. The van der Waals surface area contributed by atoms with E-state index in [0.717, 1.165) is 0 Å². The van der Waals surface area contributed by atoms with Gasteiger partial charge in [-0.2, -0.15) is 0 Å². The summed E-state index contributed by atoms with van der Waals surface area (Å²) in [6.07, 6.45) is 0.804. The number of hydrogen-bond acceptors (Lipinski definition) is 4. The van der Waals surface area contributed by atoms with E-state index in [-0.39, 0.29) is 23.9 Å². The van der Waals surface area contributed by atoms with Crippen LogP contribution in [0, 0.1) is 0 Å². The summed E-state index contributed by atoms with van der Waals surface area (Å²) in [5.41, 5.74) is 0.408. The maximum absolute atomic E-state index is 12.5. The standard InChI is InChI=1S/C18H22N2O4/c1-18(2,3)24-17(23)19-10-8-12(9-11-19)20-15(21)13-6-4-5-7-14(13)16(20)22/h4-7,12H,8-11H2,1-3H3. The average Bonchev–Trinajstić information content (AvgIpc) is 2.78. The Morgan fingerprint density at radius 2 is 1.54 bits per heavy atom. The topological polar surface area (TPSA) is 66.9 Å². The van der Waals surface area contributed by atoms with Gasteiger partial charge in [-0.25, -0.2) is 4.79 Å². The molecular formula is C18H22N2O4. The van der Waals surface area contributed by atoms with Crippen molar-refractivity contribution in [3.63, 3.8) is 0 Å². The molecule has 1 fully saturated rings. The van der Waals surface area contributed by atoms with Gasteiger partial charge in [0.25, 0.3) is 11.8 Å². The van der Waals surface area contributed by atoms with Crippen molar-refractivity contribution in [1.82, 2.24) is 9.80 Å². The molecule has 0 radical (unpaired) electrons. The van der Waals surface area contributed by atoms with Crippen LogP contribution in [0.1, 0.15) is 54.3 Å². The molecular weight excluding hydrogens is 308 g/mol. The highest BCUT2D eigenvalue weighted by Crippen LogP contribution is 2.28. The number of imide groups is 1. The zero-order valence-electron chi connectivity index (χ0n) is 14.2. The average molecular weight is 330 g/mol. The van der Waals surface area contributed by atoms with E-state index in [9.17, 15) is 14.4 Å². The van der Waals surface area contributed by atoms with Crippen LogP contribution in [0.25, 0.3) is 0 Å². The maximum atomic E-state index is 12.5. The van der Waals surface area contributed by atoms with Crippen LogP contribution in [0.15, 0.2) is 24.3 Å². The molecule has 0 saturated carbocycles. The number of likely N-dealkylation sites (tertiary alicyclic amines) is 1. The molecule has 2 aliphatic rings. The van der Waals surface area contributed by atoms with Crippen LogP contribution in [0.5, 0.6) is 0 Å². The lowest BCUT2D eigenvalue weighted by Crippen LogP contribution is -2.49. The first-order valence-electron chi connectivity index (χ1n) is 8.23. The van der Waals surface area contributed by atoms with Crippen LogP contribution in [0.2, 0.25) is 0 Å². The van der Waals surface area contributed by atoms with Gasteiger partial charge in [-0.15, -0.1) is 0 Å². The minimum absolute atomic E-state index is 0.170. The van der Waals surface area contributed by atoms with Crippen LogP contribution in [0.3, 0.4) is 0 Å². The zero-order chi connectivity index (χ0) is 17.5. The Morgan fingerprint density at radius 1 is 1.04 bits per heavy atom. The molecule has 0 bridgehead atoms. The van der Waals surface area contributed by atoms with E-state index >= 15 is 0 Å². The fourth-order valence-corrected chi connectivity index (χ4v) is 3.17. The predicted molar refractivity (Wildman–Crippen MR) is 87.8 cm³/mol. The van der Waals surface area contributed by atoms with Crippen molar-refractivity contribution in [2.75, 3.05) is 13.1 Å². The molecule has 2 heterocycles. The first-order chi connectivity index (χ1) is 11.3. The van der Waals surface area contributed by atoms with Gasteiger partial charge in [0, 0.05) is 19.1 Å².